The summed E-state index contributed by atoms with van der Waals surface area (Å²) in [4.78, 5) is 2.62. The van der Waals surface area contributed by atoms with Crippen molar-refractivity contribution in [3.63, 3.8) is 0 Å². The predicted molar refractivity (Wildman–Crippen MR) is 72.0 cm³/mol. The summed E-state index contributed by atoms with van der Waals surface area (Å²) in [6.07, 6.45) is 7.64. The third-order valence-corrected chi connectivity index (χ3v) is 4.94. The number of hydrogen-bond donors (Lipinski definition) is 1. The maximum absolute atomic E-state index is 10.4. The van der Waals surface area contributed by atoms with Crippen LogP contribution in [0.1, 0.15) is 59.3 Å². The molecule has 4 unspecified atom stereocenters. The van der Waals surface area contributed by atoms with Crippen molar-refractivity contribution in [2.45, 2.75) is 77.5 Å². The molecule has 0 radical (unpaired) electrons. The molecule has 0 spiro atoms. The van der Waals surface area contributed by atoms with Crippen molar-refractivity contribution < 1.29 is 5.11 Å². The van der Waals surface area contributed by atoms with Crippen molar-refractivity contribution in [2.75, 3.05) is 6.54 Å². The van der Waals surface area contributed by atoms with E-state index in [-0.39, 0.29) is 6.10 Å². The van der Waals surface area contributed by atoms with Crippen LogP contribution in [0.4, 0.5) is 0 Å². The third kappa shape index (κ3) is 2.85. The Labute approximate surface area is 106 Å². The fourth-order valence-corrected chi connectivity index (χ4v) is 4.30. The minimum Gasteiger partial charge on any atom is -0.391 e. The minimum atomic E-state index is -0.103. The zero-order valence-electron chi connectivity index (χ0n) is 11.7. The van der Waals surface area contributed by atoms with E-state index < -0.39 is 0 Å². The van der Waals surface area contributed by atoms with Gasteiger partial charge in [-0.15, -0.1) is 0 Å². The molecule has 0 amide bonds. The SMILES string of the molecule is CCN(C1CCCC1)C1C(C)CC(C)CC1O. The van der Waals surface area contributed by atoms with Gasteiger partial charge in [-0.3, -0.25) is 4.90 Å². The minimum absolute atomic E-state index is 0.103. The van der Waals surface area contributed by atoms with Gasteiger partial charge < -0.3 is 5.11 Å². The Kier molecular flexibility index (Phi) is 4.48. The van der Waals surface area contributed by atoms with Crippen LogP contribution in [0.2, 0.25) is 0 Å². The Bertz CT molecular complexity index is 225. The molecule has 2 fully saturated rings. The van der Waals surface area contributed by atoms with Gasteiger partial charge in [0.15, 0.2) is 0 Å². The van der Waals surface area contributed by atoms with Crippen LogP contribution in [0, 0.1) is 11.8 Å². The fourth-order valence-electron chi connectivity index (χ4n) is 4.30. The lowest BCUT2D eigenvalue weighted by Gasteiger charge is -2.46. The van der Waals surface area contributed by atoms with Gasteiger partial charge in [-0.25, -0.2) is 0 Å². The Morgan fingerprint density at radius 2 is 1.76 bits per heavy atom. The average Bonchev–Trinajstić information content (AvgIpc) is 2.76. The van der Waals surface area contributed by atoms with E-state index in [1.165, 1.54) is 32.1 Å². The molecule has 0 saturated heterocycles. The van der Waals surface area contributed by atoms with E-state index in [1.54, 1.807) is 0 Å². The van der Waals surface area contributed by atoms with Crippen molar-refractivity contribution in [1.29, 1.82) is 0 Å². The first-order valence-electron chi connectivity index (χ1n) is 7.57. The highest BCUT2D eigenvalue weighted by Crippen LogP contribution is 2.35. The van der Waals surface area contributed by atoms with Gasteiger partial charge >= 0.3 is 0 Å². The summed E-state index contributed by atoms with van der Waals surface area (Å²) >= 11 is 0. The summed E-state index contributed by atoms with van der Waals surface area (Å²) < 4.78 is 0. The lowest BCUT2D eigenvalue weighted by Crippen LogP contribution is -2.54. The van der Waals surface area contributed by atoms with Crippen molar-refractivity contribution in [3.8, 4) is 0 Å². The standard InChI is InChI=1S/C15H29NO/c1-4-16(13-7-5-6-8-13)15-12(3)9-11(2)10-14(15)17/h11-15,17H,4-10H2,1-3H3. The van der Waals surface area contributed by atoms with E-state index in [0.29, 0.717) is 17.9 Å². The number of nitrogens with zero attached hydrogens (tertiary/aromatic N) is 1. The van der Waals surface area contributed by atoms with Crippen LogP contribution < -0.4 is 0 Å². The lowest BCUT2D eigenvalue weighted by atomic mass is 9.76. The van der Waals surface area contributed by atoms with Gasteiger partial charge in [-0.05, 0) is 44.1 Å². The molecule has 2 rings (SSSR count). The van der Waals surface area contributed by atoms with Crippen LogP contribution in [0.3, 0.4) is 0 Å². The first-order valence-corrected chi connectivity index (χ1v) is 7.57. The molecule has 2 saturated carbocycles. The van der Waals surface area contributed by atoms with E-state index in [2.05, 4.69) is 25.7 Å². The summed E-state index contributed by atoms with van der Waals surface area (Å²) in [7, 11) is 0. The number of aliphatic hydroxyl groups excluding tert-OH is 1. The number of aliphatic hydroxyl groups is 1. The second-order valence-corrected chi connectivity index (χ2v) is 6.38. The Hall–Kier alpha value is -0.0800. The molecule has 2 nitrogen and oxygen atoms in total. The smallest absolute Gasteiger partial charge is 0.0700 e. The molecule has 0 bridgehead atoms. The average molecular weight is 239 g/mol. The fraction of sp³-hybridized carbons (Fsp3) is 1.00. The Morgan fingerprint density at radius 1 is 1.12 bits per heavy atom. The van der Waals surface area contributed by atoms with Gasteiger partial charge in [0.2, 0.25) is 0 Å². The van der Waals surface area contributed by atoms with Gasteiger partial charge in [-0.2, -0.15) is 0 Å². The highest BCUT2D eigenvalue weighted by atomic mass is 16.3. The summed E-state index contributed by atoms with van der Waals surface area (Å²) in [6.45, 7) is 7.98. The molecule has 0 heterocycles. The molecule has 0 aromatic carbocycles. The zero-order valence-corrected chi connectivity index (χ0v) is 11.7. The summed E-state index contributed by atoms with van der Waals surface area (Å²) in [5, 5.41) is 10.4. The maximum Gasteiger partial charge on any atom is 0.0700 e. The van der Waals surface area contributed by atoms with E-state index in [4.69, 9.17) is 0 Å². The van der Waals surface area contributed by atoms with Crippen LogP contribution >= 0.6 is 0 Å². The van der Waals surface area contributed by atoms with Crippen molar-refractivity contribution in [3.05, 3.63) is 0 Å². The highest BCUT2D eigenvalue weighted by Gasteiger charge is 2.39. The summed E-state index contributed by atoms with van der Waals surface area (Å²) in [5.41, 5.74) is 0. The van der Waals surface area contributed by atoms with Gasteiger partial charge in [0.05, 0.1) is 6.10 Å². The van der Waals surface area contributed by atoms with Crippen LogP contribution in [0.5, 0.6) is 0 Å². The summed E-state index contributed by atoms with van der Waals surface area (Å²) in [5.74, 6) is 1.34. The summed E-state index contributed by atoms with van der Waals surface area (Å²) in [6, 6.07) is 1.16. The van der Waals surface area contributed by atoms with Crippen LogP contribution in [-0.2, 0) is 0 Å². The monoisotopic (exact) mass is 239 g/mol. The molecule has 0 aromatic heterocycles. The first-order chi connectivity index (χ1) is 8.13. The van der Waals surface area contributed by atoms with Crippen molar-refractivity contribution in [2.24, 2.45) is 11.8 Å². The second-order valence-electron chi connectivity index (χ2n) is 6.38. The van der Waals surface area contributed by atoms with E-state index in [9.17, 15) is 5.11 Å². The topological polar surface area (TPSA) is 23.5 Å². The van der Waals surface area contributed by atoms with Gasteiger partial charge in [-0.1, -0.05) is 33.6 Å². The molecular formula is C15H29NO. The zero-order chi connectivity index (χ0) is 12.4. The third-order valence-electron chi connectivity index (χ3n) is 4.94. The molecule has 0 aliphatic heterocycles. The van der Waals surface area contributed by atoms with Gasteiger partial charge in [0, 0.05) is 12.1 Å². The molecule has 2 aliphatic carbocycles. The van der Waals surface area contributed by atoms with Gasteiger partial charge in [0.1, 0.15) is 0 Å². The van der Waals surface area contributed by atoms with Crippen LogP contribution in [0.25, 0.3) is 0 Å². The number of hydrogen-bond acceptors (Lipinski definition) is 2. The van der Waals surface area contributed by atoms with Crippen LogP contribution in [-0.4, -0.2) is 34.7 Å². The Morgan fingerprint density at radius 3 is 2.29 bits per heavy atom. The van der Waals surface area contributed by atoms with E-state index >= 15 is 0 Å². The first kappa shape index (κ1) is 13.4. The quantitative estimate of drug-likeness (QED) is 0.818. The largest absolute Gasteiger partial charge is 0.391 e. The molecule has 2 heteroatoms. The normalized spacial score (nSPS) is 40.1. The van der Waals surface area contributed by atoms with E-state index in [0.717, 1.165) is 19.0 Å². The van der Waals surface area contributed by atoms with Crippen LogP contribution in [0.15, 0.2) is 0 Å². The van der Waals surface area contributed by atoms with Crippen molar-refractivity contribution >= 4 is 0 Å². The molecule has 0 aromatic rings. The molecule has 2 aliphatic rings. The molecule has 1 N–H and O–H groups in total. The molecule has 4 atom stereocenters. The Balaban J connectivity index is 2.06. The van der Waals surface area contributed by atoms with E-state index in [1.807, 2.05) is 0 Å². The molecule has 17 heavy (non-hydrogen) atoms. The molecule has 100 valence electrons. The number of likely N-dealkylation sites (N-methyl/N-ethyl adjacent to an activating group) is 1. The van der Waals surface area contributed by atoms with Crippen molar-refractivity contribution in [1.82, 2.24) is 4.90 Å². The van der Waals surface area contributed by atoms with Gasteiger partial charge in [0.25, 0.3) is 0 Å². The predicted octanol–water partition coefficient (Wildman–Crippen LogP) is 3.05. The highest BCUT2D eigenvalue weighted by molar-refractivity contribution is 4.93. The molecular weight excluding hydrogens is 210 g/mol. The maximum atomic E-state index is 10.4. The second kappa shape index (κ2) is 5.71. The lowest BCUT2D eigenvalue weighted by molar-refractivity contribution is -0.0389. The number of rotatable bonds is 3.